The van der Waals surface area contributed by atoms with Gasteiger partial charge in [0.1, 0.15) is 11.8 Å². The van der Waals surface area contributed by atoms with Gasteiger partial charge in [0.25, 0.3) is 0 Å². The van der Waals surface area contributed by atoms with Crippen molar-refractivity contribution in [2.24, 2.45) is 0 Å². The van der Waals surface area contributed by atoms with Crippen LogP contribution in [0.25, 0.3) is 0 Å². The molecule has 0 amide bonds. The van der Waals surface area contributed by atoms with Gasteiger partial charge in [-0.2, -0.15) is 14.0 Å². The molecule has 0 atom stereocenters. The maximum Gasteiger partial charge on any atom is 0.387 e. The number of carbonyl (C=O) groups excluding carboxylic acids is 1. The minimum absolute atomic E-state index is 0.0438. The predicted octanol–water partition coefficient (Wildman–Crippen LogP) is 2.83. The van der Waals surface area contributed by atoms with Crippen LogP contribution in [0.1, 0.15) is 30.5 Å². The van der Waals surface area contributed by atoms with Crippen molar-refractivity contribution in [1.82, 2.24) is 0 Å². The molecule has 1 aromatic rings. The Morgan fingerprint density at radius 1 is 1.35 bits per heavy atom. The molecule has 0 aliphatic heterocycles. The van der Waals surface area contributed by atoms with E-state index in [9.17, 15) is 13.6 Å². The van der Waals surface area contributed by atoms with Crippen LogP contribution in [0.3, 0.4) is 0 Å². The summed E-state index contributed by atoms with van der Waals surface area (Å²) in [7, 11) is 0. The number of carbonyl (C=O) groups is 1. The van der Waals surface area contributed by atoms with E-state index >= 15 is 0 Å². The fourth-order valence-corrected chi connectivity index (χ4v) is 1.81. The van der Waals surface area contributed by atoms with E-state index in [0.29, 0.717) is 17.5 Å². The molecule has 0 N–H and O–H groups in total. The number of halogens is 2. The Balaban J connectivity index is 3.20. The van der Waals surface area contributed by atoms with Crippen LogP contribution in [0.2, 0.25) is 0 Å². The average Bonchev–Trinajstić information content (AvgIpc) is 2.39. The molecule has 0 radical (unpaired) electrons. The van der Waals surface area contributed by atoms with Crippen molar-refractivity contribution in [2.75, 3.05) is 6.61 Å². The van der Waals surface area contributed by atoms with E-state index < -0.39 is 12.6 Å². The molecule has 6 heteroatoms. The zero-order chi connectivity index (χ0) is 15.1. The number of aryl methyl sites for hydroxylation is 1. The third kappa shape index (κ3) is 3.92. The van der Waals surface area contributed by atoms with Gasteiger partial charge in [0, 0.05) is 0 Å². The lowest BCUT2D eigenvalue weighted by atomic mass is 9.99. The molecule has 1 aromatic carbocycles. The first kappa shape index (κ1) is 15.9. The van der Waals surface area contributed by atoms with Crippen LogP contribution >= 0.6 is 0 Å². The van der Waals surface area contributed by atoms with Gasteiger partial charge in [-0.3, -0.25) is 4.79 Å². The van der Waals surface area contributed by atoms with Crippen molar-refractivity contribution in [2.45, 2.75) is 33.3 Å². The molecule has 0 unspecified atom stereocenters. The normalized spacial score (nSPS) is 10.2. The summed E-state index contributed by atoms with van der Waals surface area (Å²) in [6.07, 6.45) is 0.288. The lowest BCUT2D eigenvalue weighted by molar-refractivity contribution is -0.142. The minimum atomic E-state index is -3.02. The van der Waals surface area contributed by atoms with Gasteiger partial charge >= 0.3 is 12.6 Å². The summed E-state index contributed by atoms with van der Waals surface area (Å²) < 4.78 is 34.1. The Hall–Kier alpha value is -2.16. The Bertz CT molecular complexity index is 524. The van der Waals surface area contributed by atoms with Crippen molar-refractivity contribution in [3.8, 4) is 11.8 Å². The van der Waals surface area contributed by atoms with Gasteiger partial charge in [-0.05, 0) is 24.5 Å². The van der Waals surface area contributed by atoms with Gasteiger partial charge in [0.2, 0.25) is 0 Å². The fraction of sp³-hybridized carbons (Fsp3) is 0.429. The molecule has 1 rings (SSSR count). The number of nitriles is 1. The molecule has 0 heterocycles. The SMILES string of the molecule is CCOC(=O)Cc1ccc(CC)c(OC(F)F)c1C#N. The Morgan fingerprint density at radius 2 is 2.00 bits per heavy atom. The van der Waals surface area contributed by atoms with E-state index in [2.05, 4.69) is 4.74 Å². The molecule has 0 bridgehead atoms. The highest BCUT2D eigenvalue weighted by molar-refractivity contribution is 5.74. The van der Waals surface area contributed by atoms with Crippen LogP contribution in [0.4, 0.5) is 8.78 Å². The van der Waals surface area contributed by atoms with E-state index in [1.165, 1.54) is 0 Å². The van der Waals surface area contributed by atoms with Gasteiger partial charge in [0.05, 0.1) is 18.6 Å². The van der Waals surface area contributed by atoms with Gasteiger partial charge in [-0.25, -0.2) is 0 Å². The second-order valence-corrected chi connectivity index (χ2v) is 3.91. The highest BCUT2D eigenvalue weighted by Gasteiger charge is 2.19. The predicted molar refractivity (Wildman–Crippen MR) is 67.5 cm³/mol. The first-order valence-electron chi connectivity index (χ1n) is 6.18. The zero-order valence-corrected chi connectivity index (χ0v) is 11.3. The van der Waals surface area contributed by atoms with E-state index in [-0.39, 0.29) is 24.3 Å². The van der Waals surface area contributed by atoms with Crippen LogP contribution < -0.4 is 4.74 Å². The summed E-state index contributed by atoms with van der Waals surface area (Å²) >= 11 is 0. The summed E-state index contributed by atoms with van der Waals surface area (Å²) in [6.45, 7) is 0.619. The van der Waals surface area contributed by atoms with Gasteiger partial charge in [-0.15, -0.1) is 0 Å². The van der Waals surface area contributed by atoms with Gasteiger partial charge < -0.3 is 9.47 Å². The van der Waals surface area contributed by atoms with Crippen molar-refractivity contribution >= 4 is 5.97 Å². The number of alkyl halides is 2. The van der Waals surface area contributed by atoms with Crippen molar-refractivity contribution < 1.29 is 23.0 Å². The molecular weight excluding hydrogens is 268 g/mol. The second-order valence-electron chi connectivity index (χ2n) is 3.91. The average molecular weight is 283 g/mol. The molecule has 0 saturated heterocycles. The van der Waals surface area contributed by atoms with Crippen molar-refractivity contribution in [3.05, 3.63) is 28.8 Å². The summed E-state index contributed by atoms with van der Waals surface area (Å²) in [5.41, 5.74) is 0.769. The molecular formula is C14H15F2NO3. The molecule has 4 nitrogen and oxygen atoms in total. The lowest BCUT2D eigenvalue weighted by Crippen LogP contribution is -2.12. The molecule has 108 valence electrons. The van der Waals surface area contributed by atoms with Crippen molar-refractivity contribution in [3.63, 3.8) is 0 Å². The number of rotatable bonds is 6. The maximum atomic E-state index is 12.4. The Kier molecular flexibility index (Phi) is 5.91. The first-order chi connectivity index (χ1) is 9.53. The Morgan fingerprint density at radius 3 is 2.50 bits per heavy atom. The maximum absolute atomic E-state index is 12.4. The summed E-state index contributed by atoms with van der Waals surface area (Å²) in [5.74, 6) is -0.678. The Labute approximate surface area is 115 Å². The third-order valence-corrected chi connectivity index (χ3v) is 2.67. The molecule has 0 aliphatic carbocycles. The second kappa shape index (κ2) is 7.43. The highest BCUT2D eigenvalue weighted by Crippen LogP contribution is 2.29. The largest absolute Gasteiger partial charge is 0.466 e. The summed E-state index contributed by atoms with van der Waals surface area (Å²) in [5, 5.41) is 9.15. The van der Waals surface area contributed by atoms with Gasteiger partial charge in [-0.1, -0.05) is 19.1 Å². The molecule has 0 saturated carbocycles. The number of ether oxygens (including phenoxy) is 2. The smallest absolute Gasteiger partial charge is 0.387 e. The third-order valence-electron chi connectivity index (χ3n) is 2.67. The van der Waals surface area contributed by atoms with Crippen LogP contribution in [0.5, 0.6) is 5.75 Å². The number of hydrogen-bond acceptors (Lipinski definition) is 4. The topological polar surface area (TPSA) is 59.3 Å². The zero-order valence-electron chi connectivity index (χ0n) is 11.3. The van der Waals surface area contributed by atoms with E-state index in [4.69, 9.17) is 10.00 Å². The lowest BCUT2D eigenvalue weighted by Gasteiger charge is -2.14. The van der Waals surface area contributed by atoms with Crippen molar-refractivity contribution in [1.29, 1.82) is 5.26 Å². The number of benzene rings is 1. The van der Waals surface area contributed by atoms with Crippen LogP contribution in [0.15, 0.2) is 12.1 Å². The van der Waals surface area contributed by atoms with Crippen LogP contribution in [-0.2, 0) is 22.4 Å². The number of hydrogen-bond donors (Lipinski definition) is 0. The molecule has 0 aromatic heterocycles. The minimum Gasteiger partial charge on any atom is -0.466 e. The summed E-state index contributed by atoms with van der Waals surface area (Å²) in [6, 6.07) is 4.96. The quantitative estimate of drug-likeness (QED) is 0.753. The summed E-state index contributed by atoms with van der Waals surface area (Å²) in [4.78, 5) is 11.4. The first-order valence-corrected chi connectivity index (χ1v) is 6.18. The number of esters is 1. The van der Waals surface area contributed by atoms with Gasteiger partial charge in [0.15, 0.2) is 0 Å². The van der Waals surface area contributed by atoms with E-state index in [0.717, 1.165) is 0 Å². The van der Waals surface area contributed by atoms with E-state index in [1.54, 1.807) is 26.0 Å². The van der Waals surface area contributed by atoms with Crippen LogP contribution in [-0.4, -0.2) is 19.2 Å². The molecule has 20 heavy (non-hydrogen) atoms. The molecule has 0 fully saturated rings. The number of nitrogens with zero attached hydrogens (tertiary/aromatic N) is 1. The monoisotopic (exact) mass is 283 g/mol. The standard InChI is InChI=1S/C14H15F2NO3/c1-3-9-5-6-10(7-12(18)19-4-2)11(8-17)13(9)20-14(15)16/h5-6,14H,3-4,7H2,1-2H3. The van der Waals surface area contributed by atoms with Crippen LogP contribution in [0, 0.1) is 11.3 Å². The fourth-order valence-electron chi connectivity index (χ4n) is 1.81. The molecule has 0 spiro atoms. The van der Waals surface area contributed by atoms with E-state index in [1.807, 2.05) is 6.07 Å². The molecule has 0 aliphatic rings. The highest BCUT2D eigenvalue weighted by atomic mass is 19.3.